The molecule has 0 unspecified atom stereocenters. The minimum Gasteiger partial charge on any atom is -0.383 e. The van der Waals surface area contributed by atoms with Crippen LogP contribution in [0.5, 0.6) is 0 Å². The molecule has 0 radical (unpaired) electrons. The number of fused-ring (bicyclic) bond motifs is 2. The Kier molecular flexibility index (Phi) is 4.47. The quantitative estimate of drug-likeness (QED) is 0.532. The highest BCUT2D eigenvalue weighted by Gasteiger charge is 2.09. The minimum absolute atomic E-state index is 0.576. The van der Waals surface area contributed by atoms with E-state index in [1.165, 1.54) is 5.39 Å². The molecule has 0 aliphatic carbocycles. The van der Waals surface area contributed by atoms with Gasteiger partial charge in [-0.15, -0.1) is 0 Å². The summed E-state index contributed by atoms with van der Waals surface area (Å²) in [5.74, 6) is 0. The highest BCUT2D eigenvalue weighted by Crippen LogP contribution is 2.26. The molecule has 2 aromatic carbocycles. The van der Waals surface area contributed by atoms with Crippen LogP contribution in [0.3, 0.4) is 0 Å². The Hall–Kier alpha value is -3.39. The van der Waals surface area contributed by atoms with Crippen molar-refractivity contribution in [3.8, 4) is 6.07 Å². The molecular formula is C22H21N5. The molecule has 4 aromatic rings. The Morgan fingerprint density at radius 2 is 1.96 bits per heavy atom. The summed E-state index contributed by atoms with van der Waals surface area (Å²) in [6.07, 6.45) is 2.56. The van der Waals surface area contributed by atoms with Crippen molar-refractivity contribution in [2.75, 3.05) is 11.9 Å². The summed E-state index contributed by atoms with van der Waals surface area (Å²) in [6, 6.07) is 16.7. The van der Waals surface area contributed by atoms with Gasteiger partial charge in [-0.1, -0.05) is 30.3 Å². The van der Waals surface area contributed by atoms with Gasteiger partial charge >= 0.3 is 0 Å². The molecule has 2 aromatic heterocycles. The predicted molar refractivity (Wildman–Crippen MR) is 109 cm³/mol. The van der Waals surface area contributed by atoms with E-state index in [1.807, 2.05) is 38.1 Å². The van der Waals surface area contributed by atoms with E-state index in [9.17, 15) is 5.26 Å². The number of hydrogen-bond acceptors (Lipinski definition) is 4. The van der Waals surface area contributed by atoms with Crippen LogP contribution in [-0.2, 0) is 6.54 Å². The van der Waals surface area contributed by atoms with Crippen LogP contribution in [0.2, 0.25) is 0 Å². The summed E-state index contributed by atoms with van der Waals surface area (Å²) in [5.41, 5.74) is 5.73. The standard InChI is InChI=1S/C22H21N5/c1-15-8-9-19-20(12-15)25-14-17(13-23)22(19)24-10-5-11-27-21-7-4-3-6-18(21)16(2)26-27/h3-4,6-9,12,14H,5,10-11H2,1-2H3,(H,24,25). The first-order valence-corrected chi connectivity index (χ1v) is 9.13. The summed E-state index contributed by atoms with van der Waals surface area (Å²) in [7, 11) is 0. The zero-order valence-corrected chi connectivity index (χ0v) is 15.5. The molecule has 0 bridgehead atoms. The average molecular weight is 355 g/mol. The van der Waals surface area contributed by atoms with E-state index in [4.69, 9.17) is 0 Å². The number of anilines is 1. The van der Waals surface area contributed by atoms with E-state index in [-0.39, 0.29) is 0 Å². The maximum absolute atomic E-state index is 9.44. The van der Waals surface area contributed by atoms with Crippen molar-refractivity contribution in [1.29, 1.82) is 5.26 Å². The summed E-state index contributed by atoms with van der Waals surface area (Å²) in [4.78, 5) is 4.41. The number of rotatable bonds is 5. The second-order valence-electron chi connectivity index (χ2n) is 6.79. The number of aromatic nitrogens is 3. The number of para-hydroxylation sites is 1. The fourth-order valence-corrected chi connectivity index (χ4v) is 3.48. The fraction of sp³-hybridized carbons (Fsp3) is 0.227. The van der Waals surface area contributed by atoms with Crippen LogP contribution < -0.4 is 5.32 Å². The van der Waals surface area contributed by atoms with Crippen LogP contribution >= 0.6 is 0 Å². The molecule has 0 fully saturated rings. The number of pyridine rings is 1. The van der Waals surface area contributed by atoms with E-state index in [0.29, 0.717) is 5.56 Å². The maximum Gasteiger partial charge on any atom is 0.103 e. The van der Waals surface area contributed by atoms with Gasteiger partial charge in [-0.05, 0) is 38.0 Å². The normalized spacial score (nSPS) is 11.0. The number of nitriles is 1. The second kappa shape index (κ2) is 7.08. The lowest BCUT2D eigenvalue weighted by Crippen LogP contribution is -2.09. The van der Waals surface area contributed by atoms with E-state index in [2.05, 4.69) is 44.3 Å². The Balaban J connectivity index is 1.51. The second-order valence-corrected chi connectivity index (χ2v) is 6.79. The third-order valence-electron chi connectivity index (χ3n) is 4.84. The van der Waals surface area contributed by atoms with Gasteiger partial charge in [0.15, 0.2) is 0 Å². The molecule has 0 aliphatic rings. The molecule has 0 aliphatic heterocycles. The Labute approximate surface area is 158 Å². The van der Waals surface area contributed by atoms with Crippen molar-refractivity contribution in [3.63, 3.8) is 0 Å². The van der Waals surface area contributed by atoms with Crippen molar-refractivity contribution in [1.82, 2.24) is 14.8 Å². The molecule has 0 atom stereocenters. The summed E-state index contributed by atoms with van der Waals surface area (Å²) in [6.45, 7) is 5.67. The van der Waals surface area contributed by atoms with Crippen molar-refractivity contribution in [3.05, 3.63) is 65.5 Å². The summed E-state index contributed by atoms with van der Waals surface area (Å²) < 4.78 is 2.06. The van der Waals surface area contributed by atoms with Gasteiger partial charge in [-0.2, -0.15) is 10.4 Å². The monoisotopic (exact) mass is 355 g/mol. The van der Waals surface area contributed by atoms with Crippen molar-refractivity contribution in [2.45, 2.75) is 26.8 Å². The molecule has 5 heteroatoms. The molecule has 27 heavy (non-hydrogen) atoms. The number of hydrogen-bond donors (Lipinski definition) is 1. The topological polar surface area (TPSA) is 66.5 Å². The van der Waals surface area contributed by atoms with Crippen LogP contribution in [0, 0.1) is 25.2 Å². The number of nitrogens with zero attached hydrogens (tertiary/aromatic N) is 4. The molecule has 134 valence electrons. The van der Waals surface area contributed by atoms with Crippen LogP contribution in [0.15, 0.2) is 48.7 Å². The molecule has 0 spiro atoms. The SMILES string of the molecule is Cc1ccc2c(NCCCn3nc(C)c4ccccc43)c(C#N)cnc2c1. The highest BCUT2D eigenvalue weighted by atomic mass is 15.3. The smallest absolute Gasteiger partial charge is 0.103 e. The van der Waals surface area contributed by atoms with E-state index < -0.39 is 0 Å². The molecule has 0 amide bonds. The van der Waals surface area contributed by atoms with Gasteiger partial charge in [-0.25, -0.2) is 0 Å². The predicted octanol–water partition coefficient (Wildman–Crippen LogP) is 4.58. The lowest BCUT2D eigenvalue weighted by molar-refractivity contribution is 0.605. The van der Waals surface area contributed by atoms with Crippen LogP contribution in [0.4, 0.5) is 5.69 Å². The largest absolute Gasteiger partial charge is 0.383 e. The minimum atomic E-state index is 0.576. The Morgan fingerprint density at radius 3 is 2.81 bits per heavy atom. The van der Waals surface area contributed by atoms with Crippen LogP contribution in [0.1, 0.15) is 23.2 Å². The first-order chi connectivity index (χ1) is 13.2. The molecule has 1 N–H and O–H groups in total. The lowest BCUT2D eigenvalue weighted by atomic mass is 10.1. The van der Waals surface area contributed by atoms with Crippen LogP contribution in [-0.4, -0.2) is 21.3 Å². The van der Waals surface area contributed by atoms with Gasteiger partial charge in [0.25, 0.3) is 0 Å². The number of aryl methyl sites for hydroxylation is 3. The van der Waals surface area contributed by atoms with Gasteiger partial charge in [0, 0.05) is 30.1 Å². The zero-order valence-electron chi connectivity index (χ0n) is 15.5. The van der Waals surface area contributed by atoms with Crippen molar-refractivity contribution in [2.24, 2.45) is 0 Å². The van der Waals surface area contributed by atoms with Crippen LogP contribution in [0.25, 0.3) is 21.8 Å². The Morgan fingerprint density at radius 1 is 1.11 bits per heavy atom. The third kappa shape index (κ3) is 3.22. The number of benzene rings is 2. The van der Waals surface area contributed by atoms with Crippen molar-refractivity contribution < 1.29 is 0 Å². The number of nitrogens with one attached hydrogen (secondary N) is 1. The van der Waals surface area contributed by atoms with Gasteiger partial charge in [-0.3, -0.25) is 9.67 Å². The van der Waals surface area contributed by atoms with E-state index in [1.54, 1.807) is 6.20 Å². The van der Waals surface area contributed by atoms with Crippen molar-refractivity contribution >= 4 is 27.5 Å². The third-order valence-corrected chi connectivity index (χ3v) is 4.84. The van der Waals surface area contributed by atoms with Gasteiger partial charge in [0.2, 0.25) is 0 Å². The molecule has 0 saturated heterocycles. The van der Waals surface area contributed by atoms with E-state index in [0.717, 1.165) is 52.9 Å². The van der Waals surface area contributed by atoms with Gasteiger partial charge < -0.3 is 5.32 Å². The summed E-state index contributed by atoms with van der Waals surface area (Å²) >= 11 is 0. The lowest BCUT2D eigenvalue weighted by Gasteiger charge is -2.12. The molecule has 2 heterocycles. The average Bonchev–Trinajstić information content (AvgIpc) is 3.01. The molecular weight excluding hydrogens is 334 g/mol. The summed E-state index contributed by atoms with van der Waals surface area (Å²) in [5, 5.41) is 19.7. The maximum atomic E-state index is 9.44. The molecule has 5 nitrogen and oxygen atoms in total. The molecule has 4 rings (SSSR count). The fourth-order valence-electron chi connectivity index (χ4n) is 3.48. The van der Waals surface area contributed by atoms with Gasteiger partial charge in [0.05, 0.1) is 28.0 Å². The first kappa shape index (κ1) is 17.0. The Bertz CT molecular complexity index is 1170. The van der Waals surface area contributed by atoms with Gasteiger partial charge in [0.1, 0.15) is 6.07 Å². The zero-order chi connectivity index (χ0) is 18.8. The highest BCUT2D eigenvalue weighted by molar-refractivity contribution is 5.94. The first-order valence-electron chi connectivity index (χ1n) is 9.13. The molecule has 0 saturated carbocycles. The van der Waals surface area contributed by atoms with E-state index >= 15 is 0 Å².